The monoisotopic (exact) mass is 321 g/mol. The van der Waals surface area contributed by atoms with Gasteiger partial charge in [-0.15, -0.1) is 11.6 Å². The van der Waals surface area contributed by atoms with Gasteiger partial charge >= 0.3 is 0 Å². The largest absolute Gasteiger partial charge is 0.490 e. The van der Waals surface area contributed by atoms with Gasteiger partial charge in [0.2, 0.25) is 0 Å². The molecular formula is C17H20ClNO3. The number of ether oxygens (including phenoxy) is 2. The van der Waals surface area contributed by atoms with Crippen molar-refractivity contribution in [2.45, 2.75) is 6.10 Å². The van der Waals surface area contributed by atoms with Crippen LogP contribution < -0.4 is 14.8 Å². The fourth-order valence-electron chi connectivity index (χ4n) is 1.79. The Morgan fingerprint density at radius 1 is 0.909 bits per heavy atom. The lowest BCUT2D eigenvalue weighted by Gasteiger charge is -2.11. The molecule has 0 saturated carbocycles. The van der Waals surface area contributed by atoms with E-state index < -0.39 is 6.10 Å². The Balaban J connectivity index is 1.68. The summed E-state index contributed by atoms with van der Waals surface area (Å²) < 4.78 is 11.2. The molecule has 2 aromatic carbocycles. The molecule has 0 saturated heterocycles. The van der Waals surface area contributed by atoms with Crippen molar-refractivity contribution in [3.05, 3.63) is 54.6 Å². The maximum atomic E-state index is 9.38. The van der Waals surface area contributed by atoms with Crippen LogP contribution in [0.2, 0.25) is 0 Å². The van der Waals surface area contributed by atoms with Gasteiger partial charge in [-0.2, -0.15) is 0 Å². The van der Waals surface area contributed by atoms with E-state index in [0.717, 1.165) is 17.2 Å². The normalized spacial score (nSPS) is 11.7. The van der Waals surface area contributed by atoms with Crippen molar-refractivity contribution >= 4 is 17.3 Å². The number of alkyl halides is 1. The van der Waals surface area contributed by atoms with Crippen LogP contribution in [0.3, 0.4) is 0 Å². The van der Waals surface area contributed by atoms with E-state index in [-0.39, 0.29) is 5.88 Å². The lowest BCUT2D eigenvalue weighted by atomic mass is 10.3. The first-order valence-electron chi connectivity index (χ1n) is 7.16. The van der Waals surface area contributed by atoms with Gasteiger partial charge in [-0.05, 0) is 36.4 Å². The number of hydrogen-bond acceptors (Lipinski definition) is 4. The summed E-state index contributed by atoms with van der Waals surface area (Å²) in [5.41, 5.74) is 0.914. The van der Waals surface area contributed by atoms with E-state index in [4.69, 9.17) is 21.1 Å². The maximum Gasteiger partial charge on any atom is 0.122 e. The topological polar surface area (TPSA) is 50.7 Å². The molecule has 0 heterocycles. The Hall–Kier alpha value is -1.91. The molecule has 22 heavy (non-hydrogen) atoms. The summed E-state index contributed by atoms with van der Waals surface area (Å²) in [6.45, 7) is 1.40. The van der Waals surface area contributed by atoms with E-state index in [1.54, 1.807) is 0 Å². The molecule has 5 heteroatoms. The van der Waals surface area contributed by atoms with Gasteiger partial charge in [0.1, 0.15) is 24.7 Å². The Morgan fingerprint density at radius 3 is 2.09 bits per heavy atom. The molecule has 0 fully saturated rings. The van der Waals surface area contributed by atoms with Gasteiger partial charge in [-0.1, -0.05) is 18.2 Å². The minimum atomic E-state index is -0.548. The zero-order valence-electron chi connectivity index (χ0n) is 12.2. The molecule has 0 aromatic heterocycles. The molecule has 2 rings (SSSR count). The summed E-state index contributed by atoms with van der Waals surface area (Å²) in [7, 11) is 0. The molecule has 1 unspecified atom stereocenters. The van der Waals surface area contributed by atoms with Crippen LogP contribution in [-0.2, 0) is 0 Å². The zero-order valence-corrected chi connectivity index (χ0v) is 13.0. The fourth-order valence-corrected chi connectivity index (χ4v) is 1.90. The second-order valence-electron chi connectivity index (χ2n) is 4.72. The SMILES string of the molecule is OC(CCl)CNc1ccc(OCCOc2ccccc2)cc1. The molecule has 1 atom stereocenters. The van der Waals surface area contributed by atoms with E-state index in [1.807, 2.05) is 54.6 Å². The van der Waals surface area contributed by atoms with E-state index in [2.05, 4.69) is 5.32 Å². The molecule has 0 spiro atoms. The smallest absolute Gasteiger partial charge is 0.122 e. The van der Waals surface area contributed by atoms with Crippen molar-refractivity contribution in [1.29, 1.82) is 0 Å². The quantitative estimate of drug-likeness (QED) is 0.550. The van der Waals surface area contributed by atoms with Crippen LogP contribution in [0.25, 0.3) is 0 Å². The number of nitrogens with one attached hydrogen (secondary N) is 1. The Morgan fingerprint density at radius 2 is 1.50 bits per heavy atom. The second-order valence-corrected chi connectivity index (χ2v) is 5.03. The lowest BCUT2D eigenvalue weighted by molar-refractivity contribution is 0.211. The van der Waals surface area contributed by atoms with Crippen molar-refractivity contribution in [2.24, 2.45) is 0 Å². The van der Waals surface area contributed by atoms with Crippen LogP contribution in [0.1, 0.15) is 0 Å². The Labute approximate surface area is 135 Å². The average molecular weight is 322 g/mol. The molecule has 2 aromatic rings. The number of aliphatic hydroxyl groups is 1. The van der Waals surface area contributed by atoms with Crippen LogP contribution in [0.15, 0.2) is 54.6 Å². The molecule has 0 bridgehead atoms. The predicted octanol–water partition coefficient (Wildman–Crippen LogP) is 3.16. The summed E-state index contributed by atoms with van der Waals surface area (Å²) in [4.78, 5) is 0. The summed E-state index contributed by atoms with van der Waals surface area (Å²) in [5.74, 6) is 1.83. The van der Waals surface area contributed by atoms with Crippen LogP contribution in [-0.4, -0.2) is 36.8 Å². The van der Waals surface area contributed by atoms with Crippen molar-refractivity contribution < 1.29 is 14.6 Å². The predicted molar refractivity (Wildman–Crippen MR) is 89.1 cm³/mol. The van der Waals surface area contributed by atoms with Gasteiger partial charge < -0.3 is 19.9 Å². The number of rotatable bonds is 9. The summed E-state index contributed by atoms with van der Waals surface area (Å²) in [5, 5.41) is 12.5. The second kappa shape index (κ2) is 9.18. The van der Waals surface area contributed by atoms with E-state index in [0.29, 0.717) is 19.8 Å². The van der Waals surface area contributed by atoms with Gasteiger partial charge in [-0.25, -0.2) is 0 Å². The van der Waals surface area contributed by atoms with Gasteiger partial charge in [-0.3, -0.25) is 0 Å². The fraction of sp³-hybridized carbons (Fsp3) is 0.294. The lowest BCUT2D eigenvalue weighted by Crippen LogP contribution is -2.20. The summed E-state index contributed by atoms with van der Waals surface area (Å²) in [6, 6.07) is 17.2. The Bertz CT molecular complexity index is 533. The van der Waals surface area contributed by atoms with E-state index in [1.165, 1.54) is 0 Å². The zero-order chi connectivity index (χ0) is 15.6. The van der Waals surface area contributed by atoms with Crippen LogP contribution >= 0.6 is 11.6 Å². The first-order valence-corrected chi connectivity index (χ1v) is 7.70. The van der Waals surface area contributed by atoms with E-state index >= 15 is 0 Å². The molecule has 4 nitrogen and oxygen atoms in total. The third-order valence-corrected chi connectivity index (χ3v) is 3.29. The third kappa shape index (κ3) is 5.84. The highest BCUT2D eigenvalue weighted by molar-refractivity contribution is 6.18. The molecule has 0 aliphatic rings. The first-order chi connectivity index (χ1) is 10.8. The van der Waals surface area contributed by atoms with Crippen molar-refractivity contribution in [3.8, 4) is 11.5 Å². The summed E-state index contributed by atoms with van der Waals surface area (Å²) in [6.07, 6.45) is -0.548. The maximum absolute atomic E-state index is 9.38. The molecule has 2 N–H and O–H groups in total. The number of para-hydroxylation sites is 1. The number of benzene rings is 2. The minimum absolute atomic E-state index is 0.218. The van der Waals surface area contributed by atoms with Crippen LogP contribution in [0.4, 0.5) is 5.69 Å². The average Bonchev–Trinajstić information content (AvgIpc) is 2.58. The first kappa shape index (κ1) is 16.5. The highest BCUT2D eigenvalue weighted by Gasteiger charge is 2.01. The highest BCUT2D eigenvalue weighted by atomic mass is 35.5. The van der Waals surface area contributed by atoms with Gasteiger partial charge in [0, 0.05) is 12.2 Å². The number of aliphatic hydroxyl groups excluding tert-OH is 1. The van der Waals surface area contributed by atoms with Gasteiger partial charge in [0.05, 0.1) is 12.0 Å². The molecule has 0 amide bonds. The highest BCUT2D eigenvalue weighted by Crippen LogP contribution is 2.16. The number of anilines is 1. The van der Waals surface area contributed by atoms with Gasteiger partial charge in [0.15, 0.2) is 0 Å². The van der Waals surface area contributed by atoms with Crippen molar-refractivity contribution in [3.63, 3.8) is 0 Å². The van der Waals surface area contributed by atoms with Gasteiger partial charge in [0.25, 0.3) is 0 Å². The molecular weight excluding hydrogens is 302 g/mol. The van der Waals surface area contributed by atoms with Crippen molar-refractivity contribution in [2.75, 3.05) is 31.0 Å². The molecule has 0 radical (unpaired) electrons. The third-order valence-electron chi connectivity index (χ3n) is 2.94. The Kier molecular flexibility index (Phi) is 6.87. The minimum Gasteiger partial charge on any atom is -0.490 e. The molecule has 0 aliphatic heterocycles. The van der Waals surface area contributed by atoms with E-state index in [9.17, 15) is 5.11 Å². The summed E-state index contributed by atoms with van der Waals surface area (Å²) >= 11 is 5.54. The van der Waals surface area contributed by atoms with Crippen LogP contribution in [0, 0.1) is 0 Å². The van der Waals surface area contributed by atoms with Crippen LogP contribution in [0.5, 0.6) is 11.5 Å². The number of hydrogen-bond donors (Lipinski definition) is 2. The molecule has 0 aliphatic carbocycles. The van der Waals surface area contributed by atoms with Crippen molar-refractivity contribution in [1.82, 2.24) is 0 Å². The standard InChI is InChI=1S/C17H20ClNO3/c18-12-15(20)13-19-14-6-8-17(9-7-14)22-11-10-21-16-4-2-1-3-5-16/h1-9,15,19-20H,10-13H2. The molecule has 118 valence electrons. The number of halogens is 1.